The van der Waals surface area contributed by atoms with Gasteiger partial charge in [0.05, 0.1) is 32.0 Å². The number of nitrogens with zero attached hydrogens (tertiary/aromatic N) is 1. The largest absolute Gasteiger partial charge is 0.469 e. The average molecular weight is 464 g/mol. The molecule has 9 heteroatoms. The SMILES string of the molecule is COC(=O)C[C@@H](c1ccc([N+](=O)[O-])cc1)[C@@H](NC(=O)Cc1ccc2ccccc2c1)C(=O)OC. The van der Waals surface area contributed by atoms with Crippen molar-refractivity contribution < 1.29 is 28.8 Å². The van der Waals surface area contributed by atoms with Crippen molar-refractivity contribution in [3.63, 3.8) is 0 Å². The Kier molecular flexibility index (Phi) is 7.92. The Balaban J connectivity index is 1.87. The molecule has 0 fully saturated rings. The highest BCUT2D eigenvalue weighted by Crippen LogP contribution is 2.27. The number of ether oxygens (including phenoxy) is 2. The zero-order valence-electron chi connectivity index (χ0n) is 18.7. The number of nitro groups is 1. The Morgan fingerprint density at radius 2 is 1.62 bits per heavy atom. The summed E-state index contributed by atoms with van der Waals surface area (Å²) in [5, 5.41) is 15.7. The van der Waals surface area contributed by atoms with Crippen LogP contribution in [0.4, 0.5) is 5.69 Å². The van der Waals surface area contributed by atoms with Gasteiger partial charge in [0.2, 0.25) is 5.91 Å². The molecule has 1 amide bonds. The van der Waals surface area contributed by atoms with Crippen LogP contribution in [0.2, 0.25) is 0 Å². The van der Waals surface area contributed by atoms with Gasteiger partial charge in [-0.2, -0.15) is 0 Å². The predicted molar refractivity (Wildman–Crippen MR) is 124 cm³/mol. The van der Waals surface area contributed by atoms with E-state index in [9.17, 15) is 24.5 Å². The van der Waals surface area contributed by atoms with Crippen LogP contribution in [-0.2, 0) is 30.3 Å². The minimum atomic E-state index is -1.21. The lowest BCUT2D eigenvalue weighted by Crippen LogP contribution is -2.46. The molecule has 2 atom stereocenters. The number of esters is 2. The molecule has 0 saturated heterocycles. The van der Waals surface area contributed by atoms with Crippen molar-refractivity contribution in [3.8, 4) is 0 Å². The van der Waals surface area contributed by atoms with E-state index in [0.717, 1.165) is 16.3 Å². The maximum atomic E-state index is 12.9. The maximum absolute atomic E-state index is 12.9. The first-order valence-corrected chi connectivity index (χ1v) is 10.5. The lowest BCUT2D eigenvalue weighted by molar-refractivity contribution is -0.384. The zero-order valence-corrected chi connectivity index (χ0v) is 18.7. The summed E-state index contributed by atoms with van der Waals surface area (Å²) < 4.78 is 9.64. The van der Waals surface area contributed by atoms with Crippen molar-refractivity contribution in [2.75, 3.05) is 14.2 Å². The number of methoxy groups -OCH3 is 2. The van der Waals surface area contributed by atoms with E-state index < -0.39 is 34.7 Å². The van der Waals surface area contributed by atoms with Gasteiger partial charge in [0, 0.05) is 18.1 Å². The number of carbonyl (C=O) groups is 3. The summed E-state index contributed by atoms with van der Waals surface area (Å²) in [6.07, 6.45) is -0.242. The van der Waals surface area contributed by atoms with E-state index in [-0.39, 0.29) is 18.5 Å². The Labute approximate surface area is 195 Å². The third-order valence-electron chi connectivity index (χ3n) is 5.50. The van der Waals surface area contributed by atoms with Gasteiger partial charge in [-0.05, 0) is 21.9 Å². The molecule has 3 rings (SSSR count). The number of amides is 1. The first-order chi connectivity index (χ1) is 16.3. The summed E-state index contributed by atoms with van der Waals surface area (Å²) in [4.78, 5) is 48.1. The van der Waals surface area contributed by atoms with Crippen LogP contribution in [-0.4, -0.2) is 43.0 Å². The number of nitro benzene ring substituents is 1. The summed E-state index contributed by atoms with van der Waals surface area (Å²) in [5.74, 6) is -2.66. The molecule has 0 heterocycles. The number of nitrogens with one attached hydrogen (secondary N) is 1. The summed E-state index contributed by atoms with van der Waals surface area (Å²) in [6.45, 7) is 0. The van der Waals surface area contributed by atoms with E-state index in [2.05, 4.69) is 5.32 Å². The van der Waals surface area contributed by atoms with Gasteiger partial charge in [0.1, 0.15) is 6.04 Å². The van der Waals surface area contributed by atoms with Crippen molar-refractivity contribution in [2.45, 2.75) is 24.8 Å². The highest BCUT2D eigenvalue weighted by molar-refractivity contribution is 5.89. The predicted octanol–water partition coefficient (Wildman–Crippen LogP) is 3.30. The topological polar surface area (TPSA) is 125 Å². The van der Waals surface area contributed by atoms with Crippen LogP contribution >= 0.6 is 0 Å². The number of hydrogen-bond acceptors (Lipinski definition) is 7. The second-order valence-corrected chi connectivity index (χ2v) is 7.66. The molecule has 0 aliphatic carbocycles. The Morgan fingerprint density at radius 1 is 0.941 bits per heavy atom. The van der Waals surface area contributed by atoms with Gasteiger partial charge in [-0.3, -0.25) is 19.7 Å². The summed E-state index contributed by atoms with van der Waals surface area (Å²) >= 11 is 0. The maximum Gasteiger partial charge on any atom is 0.329 e. The molecule has 0 aliphatic heterocycles. The van der Waals surface area contributed by atoms with Crippen molar-refractivity contribution in [1.29, 1.82) is 0 Å². The van der Waals surface area contributed by atoms with Gasteiger partial charge in [-0.25, -0.2) is 4.79 Å². The fourth-order valence-corrected chi connectivity index (χ4v) is 3.74. The van der Waals surface area contributed by atoms with Gasteiger partial charge in [0.25, 0.3) is 5.69 Å². The molecule has 0 bridgehead atoms. The first kappa shape index (κ1) is 24.4. The molecule has 176 valence electrons. The fraction of sp³-hybridized carbons (Fsp3) is 0.240. The molecule has 9 nitrogen and oxygen atoms in total. The van der Waals surface area contributed by atoms with Gasteiger partial charge in [0.15, 0.2) is 0 Å². The number of hydrogen-bond donors (Lipinski definition) is 1. The quantitative estimate of drug-likeness (QED) is 0.293. The lowest BCUT2D eigenvalue weighted by Gasteiger charge is -2.26. The van der Waals surface area contributed by atoms with E-state index in [1.807, 2.05) is 42.5 Å². The highest BCUT2D eigenvalue weighted by Gasteiger charge is 2.34. The second-order valence-electron chi connectivity index (χ2n) is 7.66. The van der Waals surface area contributed by atoms with Gasteiger partial charge < -0.3 is 14.8 Å². The first-order valence-electron chi connectivity index (χ1n) is 10.5. The molecule has 0 aromatic heterocycles. The van der Waals surface area contributed by atoms with E-state index >= 15 is 0 Å². The number of rotatable bonds is 9. The third kappa shape index (κ3) is 5.94. The third-order valence-corrected chi connectivity index (χ3v) is 5.50. The molecule has 3 aromatic carbocycles. The lowest BCUT2D eigenvalue weighted by atomic mass is 9.88. The summed E-state index contributed by atoms with van der Waals surface area (Å²) in [7, 11) is 2.39. The Hall–Kier alpha value is -4.27. The van der Waals surface area contributed by atoms with Crippen LogP contribution in [0.3, 0.4) is 0 Å². The fourth-order valence-electron chi connectivity index (χ4n) is 3.74. The number of carbonyl (C=O) groups excluding carboxylic acids is 3. The molecule has 34 heavy (non-hydrogen) atoms. The Bertz CT molecular complexity index is 1210. The van der Waals surface area contributed by atoms with Crippen LogP contribution in [0, 0.1) is 10.1 Å². The monoisotopic (exact) mass is 464 g/mol. The molecule has 0 saturated carbocycles. The van der Waals surface area contributed by atoms with Crippen LogP contribution in [0.15, 0.2) is 66.7 Å². The molecule has 3 aromatic rings. The van der Waals surface area contributed by atoms with Gasteiger partial charge in [-0.15, -0.1) is 0 Å². The van der Waals surface area contributed by atoms with Crippen LogP contribution < -0.4 is 5.32 Å². The molecule has 1 N–H and O–H groups in total. The Morgan fingerprint density at radius 3 is 2.24 bits per heavy atom. The zero-order chi connectivity index (χ0) is 24.7. The van der Waals surface area contributed by atoms with Gasteiger partial charge in [-0.1, -0.05) is 54.6 Å². The molecule has 0 spiro atoms. The van der Waals surface area contributed by atoms with Crippen LogP contribution in [0.25, 0.3) is 10.8 Å². The second kappa shape index (κ2) is 11.0. The number of benzene rings is 3. The van der Waals surface area contributed by atoms with Crippen LogP contribution in [0.1, 0.15) is 23.5 Å². The van der Waals surface area contributed by atoms with Crippen LogP contribution in [0.5, 0.6) is 0 Å². The highest BCUT2D eigenvalue weighted by atomic mass is 16.6. The molecular formula is C25H24N2O7. The summed E-state index contributed by atoms with van der Waals surface area (Å²) in [5.41, 5.74) is 1.05. The molecule has 0 aliphatic rings. The minimum absolute atomic E-state index is 0.00351. The molecular weight excluding hydrogens is 440 g/mol. The van der Waals surface area contributed by atoms with E-state index in [0.29, 0.717) is 5.56 Å². The van der Waals surface area contributed by atoms with Crippen molar-refractivity contribution >= 4 is 34.3 Å². The van der Waals surface area contributed by atoms with Crippen molar-refractivity contribution in [1.82, 2.24) is 5.32 Å². The van der Waals surface area contributed by atoms with Gasteiger partial charge >= 0.3 is 11.9 Å². The molecule has 0 unspecified atom stereocenters. The number of non-ortho nitro benzene ring substituents is 1. The van der Waals surface area contributed by atoms with Crippen molar-refractivity contribution in [3.05, 3.63) is 88.0 Å². The van der Waals surface area contributed by atoms with E-state index in [1.54, 1.807) is 0 Å². The smallest absolute Gasteiger partial charge is 0.329 e. The van der Waals surface area contributed by atoms with E-state index in [1.165, 1.54) is 38.5 Å². The number of fused-ring (bicyclic) bond motifs is 1. The van der Waals surface area contributed by atoms with Crippen molar-refractivity contribution in [2.24, 2.45) is 0 Å². The minimum Gasteiger partial charge on any atom is -0.469 e. The normalized spacial score (nSPS) is 12.4. The molecule has 0 radical (unpaired) electrons. The summed E-state index contributed by atoms with van der Waals surface area (Å²) in [6, 6.07) is 17.6. The standard InChI is InChI=1S/C25H24N2O7/c1-33-23(29)15-21(18-9-11-20(12-10-18)27(31)32)24(25(30)34-2)26-22(28)14-16-7-8-17-5-3-4-6-19(17)13-16/h3-13,21,24H,14-15H2,1-2H3,(H,26,28)/t21-,24+/m0/s1. The van der Waals surface area contributed by atoms with E-state index in [4.69, 9.17) is 9.47 Å². The average Bonchev–Trinajstić information content (AvgIpc) is 2.85.